The Morgan fingerprint density at radius 3 is 1.92 bits per heavy atom. The predicted molar refractivity (Wildman–Crippen MR) is 152 cm³/mol. The zero-order valence-electron chi connectivity index (χ0n) is 22.5. The van der Waals surface area contributed by atoms with Crippen molar-refractivity contribution >= 4 is 44.4 Å². The minimum absolute atomic E-state index is 0.120. The third kappa shape index (κ3) is 3.63. The summed E-state index contributed by atoms with van der Waals surface area (Å²) < 4.78 is 22.9. The maximum absolute atomic E-state index is 13.8. The van der Waals surface area contributed by atoms with Crippen LogP contribution >= 0.6 is 11.3 Å². The van der Waals surface area contributed by atoms with Gasteiger partial charge in [0.2, 0.25) is 0 Å². The number of hydrogen-bond acceptors (Lipinski definition) is 7. The molecule has 0 amide bonds. The molecule has 2 heterocycles. The number of anilines is 1. The van der Waals surface area contributed by atoms with Gasteiger partial charge in [-0.05, 0) is 69.3 Å². The van der Waals surface area contributed by atoms with Crippen LogP contribution < -0.4 is 24.3 Å². The Hall–Kier alpha value is -3.71. The molecular formula is C31H31NO5S. The third-order valence-electron chi connectivity index (χ3n) is 7.77. The number of rotatable bonds is 5. The van der Waals surface area contributed by atoms with Crippen molar-refractivity contribution < 1.29 is 23.7 Å². The van der Waals surface area contributed by atoms with Crippen molar-refractivity contribution in [2.24, 2.45) is 5.41 Å². The average Bonchev–Trinajstić information content (AvgIpc) is 3.44. The predicted octanol–water partition coefficient (Wildman–Crippen LogP) is 7.29. The SMILES string of the molecule is COc1cc2c3c(c4cc(OC)c(OC)cc4c2cc1OC)C(c1cccs1)C1=C(CC(C)(C)CC1=O)N3. The number of ether oxygens (including phenoxy) is 4. The van der Waals surface area contributed by atoms with E-state index in [1.165, 1.54) is 0 Å². The molecule has 1 aromatic heterocycles. The fraction of sp³-hybridized carbons (Fsp3) is 0.323. The van der Waals surface area contributed by atoms with E-state index in [2.05, 4.69) is 36.7 Å². The molecule has 0 fully saturated rings. The topological polar surface area (TPSA) is 66.0 Å². The number of methoxy groups -OCH3 is 4. The lowest BCUT2D eigenvalue weighted by atomic mass is 9.69. The minimum atomic E-state index is -0.192. The fourth-order valence-corrected chi connectivity index (χ4v) is 7.01. The molecule has 196 valence electrons. The molecule has 4 aromatic rings. The summed E-state index contributed by atoms with van der Waals surface area (Å²) >= 11 is 1.68. The highest BCUT2D eigenvalue weighted by atomic mass is 32.1. The molecule has 1 unspecified atom stereocenters. The van der Waals surface area contributed by atoms with Crippen molar-refractivity contribution in [3.8, 4) is 23.0 Å². The Labute approximate surface area is 226 Å². The smallest absolute Gasteiger partial charge is 0.162 e. The van der Waals surface area contributed by atoms with Crippen molar-refractivity contribution in [1.29, 1.82) is 0 Å². The summed E-state index contributed by atoms with van der Waals surface area (Å²) in [7, 11) is 6.58. The van der Waals surface area contributed by atoms with Crippen molar-refractivity contribution in [1.82, 2.24) is 0 Å². The van der Waals surface area contributed by atoms with E-state index in [0.717, 1.165) is 55.4 Å². The van der Waals surface area contributed by atoms with Crippen molar-refractivity contribution in [2.75, 3.05) is 33.8 Å². The molecule has 0 spiro atoms. The van der Waals surface area contributed by atoms with Crippen LogP contribution in [-0.2, 0) is 4.79 Å². The minimum Gasteiger partial charge on any atom is -0.493 e. The number of fused-ring (bicyclic) bond motifs is 6. The monoisotopic (exact) mass is 529 g/mol. The molecule has 1 atom stereocenters. The van der Waals surface area contributed by atoms with Crippen LogP contribution in [0, 0.1) is 5.41 Å². The Morgan fingerprint density at radius 2 is 1.37 bits per heavy atom. The second-order valence-corrected chi connectivity index (χ2v) is 11.7. The molecule has 3 aromatic carbocycles. The summed E-state index contributed by atoms with van der Waals surface area (Å²) in [4.78, 5) is 14.9. The van der Waals surface area contributed by atoms with Gasteiger partial charge in [-0.1, -0.05) is 19.9 Å². The van der Waals surface area contributed by atoms with Crippen molar-refractivity contribution in [3.63, 3.8) is 0 Å². The first-order valence-corrected chi connectivity index (χ1v) is 13.5. The Balaban J connectivity index is 1.80. The number of carbonyl (C=O) groups is 1. The summed E-state index contributed by atoms with van der Waals surface area (Å²) in [5.41, 5.74) is 3.81. The lowest BCUT2D eigenvalue weighted by Gasteiger charge is -2.40. The lowest BCUT2D eigenvalue weighted by molar-refractivity contribution is -0.118. The highest BCUT2D eigenvalue weighted by Crippen LogP contribution is 2.55. The lowest BCUT2D eigenvalue weighted by Crippen LogP contribution is -2.33. The van der Waals surface area contributed by atoms with Gasteiger partial charge in [0.25, 0.3) is 0 Å². The van der Waals surface area contributed by atoms with Crippen LogP contribution in [0.3, 0.4) is 0 Å². The summed E-state index contributed by atoms with van der Waals surface area (Å²) in [6.45, 7) is 4.32. The molecule has 0 radical (unpaired) electrons. The molecule has 1 N–H and O–H groups in total. The number of ketones is 1. The van der Waals surface area contributed by atoms with E-state index in [4.69, 9.17) is 18.9 Å². The fourth-order valence-electron chi connectivity index (χ4n) is 6.16. The van der Waals surface area contributed by atoms with Crippen molar-refractivity contribution in [2.45, 2.75) is 32.6 Å². The van der Waals surface area contributed by atoms with Crippen LogP contribution in [0.2, 0.25) is 0 Å². The number of thiophene rings is 1. The number of nitrogens with one attached hydrogen (secondary N) is 1. The highest BCUT2D eigenvalue weighted by Gasteiger charge is 2.42. The number of carbonyl (C=O) groups excluding carboxylic acids is 1. The molecule has 1 aliphatic carbocycles. The van der Waals surface area contributed by atoms with E-state index in [9.17, 15) is 4.79 Å². The third-order valence-corrected chi connectivity index (χ3v) is 8.70. The van der Waals surface area contributed by atoms with E-state index < -0.39 is 0 Å². The van der Waals surface area contributed by atoms with Gasteiger partial charge in [0.05, 0.1) is 40.0 Å². The van der Waals surface area contributed by atoms with E-state index in [1.54, 1.807) is 39.8 Å². The van der Waals surface area contributed by atoms with Gasteiger partial charge in [-0.25, -0.2) is 0 Å². The Morgan fingerprint density at radius 1 is 0.816 bits per heavy atom. The zero-order chi connectivity index (χ0) is 26.8. The summed E-state index contributed by atoms with van der Waals surface area (Å²) in [5, 5.41) is 9.84. The molecule has 7 heteroatoms. The molecule has 1 aliphatic heterocycles. The second-order valence-electron chi connectivity index (χ2n) is 10.7. The standard InChI is InChI=1S/C31H31NO5S/c1-31(2)14-20-28(21(33)15-31)29(26-8-7-9-38-26)27-18-12-24(36-5)22(34-3)10-16(18)17-11-23(35-4)25(37-6)13-19(17)30(27)32-20/h7-13,29,32H,14-15H2,1-6H3. The van der Waals surface area contributed by atoms with Crippen LogP contribution in [0.15, 0.2) is 53.0 Å². The largest absolute Gasteiger partial charge is 0.493 e. The van der Waals surface area contributed by atoms with Crippen LogP contribution in [0.5, 0.6) is 23.0 Å². The molecule has 2 aliphatic rings. The first-order chi connectivity index (χ1) is 18.3. The average molecular weight is 530 g/mol. The summed E-state index contributed by atoms with van der Waals surface area (Å²) in [5.74, 6) is 2.59. The molecule has 6 rings (SSSR count). The first-order valence-electron chi connectivity index (χ1n) is 12.6. The molecule has 0 saturated carbocycles. The van der Waals surface area contributed by atoms with E-state index in [0.29, 0.717) is 29.4 Å². The maximum atomic E-state index is 13.8. The molecule has 6 nitrogen and oxygen atoms in total. The van der Waals surface area contributed by atoms with Crippen molar-refractivity contribution in [3.05, 3.63) is 63.5 Å². The number of Topliss-reactive ketones (excluding diaryl/α,β-unsaturated/α-hetero) is 1. The molecule has 38 heavy (non-hydrogen) atoms. The van der Waals surface area contributed by atoms with Crippen LogP contribution in [0.4, 0.5) is 5.69 Å². The Kier molecular flexibility index (Phi) is 5.80. The summed E-state index contributed by atoms with van der Waals surface area (Å²) in [6, 6.07) is 12.3. The van der Waals surface area contributed by atoms with Gasteiger partial charge in [-0.15, -0.1) is 11.3 Å². The highest BCUT2D eigenvalue weighted by molar-refractivity contribution is 7.10. The van der Waals surface area contributed by atoms with Gasteiger partial charge >= 0.3 is 0 Å². The second kappa shape index (κ2) is 8.95. The zero-order valence-corrected chi connectivity index (χ0v) is 23.3. The molecular weight excluding hydrogens is 498 g/mol. The van der Waals surface area contributed by atoms with Crippen LogP contribution in [-0.4, -0.2) is 34.2 Å². The number of allylic oxidation sites excluding steroid dienone is 2. The molecule has 0 saturated heterocycles. The van der Waals surface area contributed by atoms with E-state index in [1.807, 2.05) is 24.3 Å². The van der Waals surface area contributed by atoms with Gasteiger partial charge in [0, 0.05) is 28.0 Å². The quantitative estimate of drug-likeness (QED) is 0.274. The van der Waals surface area contributed by atoms with Gasteiger partial charge in [-0.3, -0.25) is 4.79 Å². The van der Waals surface area contributed by atoms with Gasteiger partial charge in [0.1, 0.15) is 0 Å². The first kappa shape index (κ1) is 24.6. The van der Waals surface area contributed by atoms with Gasteiger partial charge < -0.3 is 24.3 Å². The summed E-state index contributed by atoms with van der Waals surface area (Å²) in [6.07, 6.45) is 1.33. The van der Waals surface area contributed by atoms with E-state index in [-0.39, 0.29) is 17.1 Å². The van der Waals surface area contributed by atoms with E-state index >= 15 is 0 Å². The van der Waals surface area contributed by atoms with Crippen LogP contribution in [0.25, 0.3) is 21.5 Å². The van der Waals surface area contributed by atoms with Gasteiger partial charge in [-0.2, -0.15) is 0 Å². The van der Waals surface area contributed by atoms with Gasteiger partial charge in [0.15, 0.2) is 28.8 Å². The normalized spacial score (nSPS) is 18.2. The number of benzene rings is 3. The molecule has 0 bridgehead atoms. The van der Waals surface area contributed by atoms with Crippen LogP contribution in [0.1, 0.15) is 43.0 Å². The maximum Gasteiger partial charge on any atom is 0.162 e. The number of hydrogen-bond donors (Lipinski definition) is 1. The Bertz CT molecular complexity index is 1630.